The highest BCUT2D eigenvalue weighted by Gasteiger charge is 2.23. The fourth-order valence-corrected chi connectivity index (χ4v) is 4.40. The summed E-state index contributed by atoms with van der Waals surface area (Å²) in [7, 11) is 4.67. The molecule has 2 heterocycles. The number of anilines is 1. The lowest BCUT2D eigenvalue weighted by Crippen LogP contribution is -2.09. The van der Waals surface area contributed by atoms with E-state index in [0.717, 1.165) is 0 Å². The maximum atomic E-state index is 13.5. The zero-order valence-corrected chi connectivity index (χ0v) is 21.0. The molecular weight excluding hydrogens is 485 g/mol. The molecule has 2 aromatic heterocycles. The molecule has 2 N–H and O–H groups in total. The number of ether oxygens (including phenoxy) is 3. The summed E-state index contributed by atoms with van der Waals surface area (Å²) in [6.45, 7) is 1.76. The Hall–Kier alpha value is -3.83. The first-order chi connectivity index (χ1) is 17.5. The summed E-state index contributed by atoms with van der Waals surface area (Å²) >= 11 is 1.23. The molecule has 0 bridgehead atoms. The van der Waals surface area contributed by atoms with Gasteiger partial charge in [-0.1, -0.05) is 18.2 Å². The first kappa shape index (κ1) is 25.3. The minimum absolute atomic E-state index is 0.273. The molecule has 4 rings (SSSR count). The van der Waals surface area contributed by atoms with Gasteiger partial charge in [-0.2, -0.15) is 0 Å². The molecular formula is C25H26FN5O4S. The fourth-order valence-electron chi connectivity index (χ4n) is 3.72. The Morgan fingerprint density at radius 2 is 1.72 bits per heavy atom. The van der Waals surface area contributed by atoms with E-state index in [0.29, 0.717) is 51.7 Å². The summed E-state index contributed by atoms with van der Waals surface area (Å²) < 4.78 is 34.9. The summed E-state index contributed by atoms with van der Waals surface area (Å²) in [5.74, 6) is 2.22. The molecule has 188 valence electrons. The third-order valence-corrected chi connectivity index (χ3v) is 6.26. The van der Waals surface area contributed by atoms with E-state index < -0.39 is 6.10 Å². The van der Waals surface area contributed by atoms with Gasteiger partial charge in [0.25, 0.3) is 0 Å². The topological polar surface area (TPSA) is 104 Å². The van der Waals surface area contributed by atoms with E-state index in [1.54, 1.807) is 56.0 Å². The number of aliphatic hydroxyl groups is 1. The van der Waals surface area contributed by atoms with Gasteiger partial charge >= 0.3 is 0 Å². The van der Waals surface area contributed by atoms with Gasteiger partial charge in [0.2, 0.25) is 11.8 Å². The quantitative estimate of drug-likeness (QED) is 0.296. The number of hydrogen-bond donors (Lipinski definition) is 2. The molecule has 0 radical (unpaired) electrons. The third kappa shape index (κ3) is 5.21. The van der Waals surface area contributed by atoms with Crippen LogP contribution in [0.15, 0.2) is 54.6 Å². The number of aliphatic hydroxyl groups excluding tert-OH is 1. The maximum Gasteiger partial charge on any atom is 0.239 e. The molecule has 0 spiro atoms. The highest BCUT2D eigenvalue weighted by Crippen LogP contribution is 2.38. The molecule has 9 nitrogen and oxygen atoms in total. The first-order valence-corrected chi connectivity index (χ1v) is 12.0. The van der Waals surface area contributed by atoms with Gasteiger partial charge in [-0.25, -0.2) is 9.37 Å². The van der Waals surface area contributed by atoms with Crippen LogP contribution in [0.5, 0.6) is 17.4 Å². The van der Waals surface area contributed by atoms with Crippen molar-refractivity contribution >= 4 is 17.9 Å². The molecule has 1 unspecified atom stereocenters. The van der Waals surface area contributed by atoms with Gasteiger partial charge in [0.15, 0.2) is 5.82 Å². The Morgan fingerprint density at radius 1 is 1.00 bits per heavy atom. The van der Waals surface area contributed by atoms with Crippen LogP contribution in [0.25, 0.3) is 17.2 Å². The Bertz CT molecular complexity index is 1330. The van der Waals surface area contributed by atoms with Crippen molar-refractivity contribution in [1.82, 2.24) is 19.7 Å². The molecule has 0 aliphatic carbocycles. The van der Waals surface area contributed by atoms with E-state index in [-0.39, 0.29) is 11.6 Å². The van der Waals surface area contributed by atoms with Gasteiger partial charge < -0.3 is 19.3 Å². The van der Waals surface area contributed by atoms with Crippen LogP contribution in [-0.2, 0) is 0 Å². The van der Waals surface area contributed by atoms with Crippen LogP contribution in [-0.4, -0.2) is 51.9 Å². The Labute approximate surface area is 212 Å². The van der Waals surface area contributed by atoms with E-state index in [2.05, 4.69) is 19.9 Å². The fraction of sp³-hybridized carbons (Fsp3) is 0.240. The molecule has 36 heavy (non-hydrogen) atoms. The molecule has 1 atom stereocenters. The van der Waals surface area contributed by atoms with Crippen molar-refractivity contribution in [2.45, 2.75) is 13.0 Å². The van der Waals surface area contributed by atoms with Crippen LogP contribution in [0.4, 0.5) is 10.3 Å². The van der Waals surface area contributed by atoms with E-state index >= 15 is 0 Å². The normalized spacial score (nSPS) is 11.7. The monoisotopic (exact) mass is 511 g/mol. The number of aryl methyl sites for hydroxylation is 1. The molecule has 4 aromatic rings. The van der Waals surface area contributed by atoms with E-state index in [1.807, 2.05) is 12.1 Å². The smallest absolute Gasteiger partial charge is 0.239 e. The van der Waals surface area contributed by atoms with Crippen LogP contribution < -0.4 is 18.9 Å². The summed E-state index contributed by atoms with van der Waals surface area (Å²) in [6.07, 6.45) is -0.820. The highest BCUT2D eigenvalue weighted by atomic mass is 32.2. The minimum atomic E-state index is -0.820. The number of rotatable bonds is 10. The zero-order valence-electron chi connectivity index (χ0n) is 20.2. The molecule has 0 saturated carbocycles. The second kappa shape index (κ2) is 11.3. The number of hydrogen-bond acceptors (Lipinski definition) is 9. The Morgan fingerprint density at radius 3 is 2.39 bits per heavy atom. The van der Waals surface area contributed by atoms with Crippen molar-refractivity contribution in [3.05, 3.63) is 71.5 Å². The predicted octanol–water partition coefficient (Wildman–Crippen LogP) is 4.60. The highest BCUT2D eigenvalue weighted by molar-refractivity contribution is 8.00. The number of para-hydroxylation sites is 1. The summed E-state index contributed by atoms with van der Waals surface area (Å²) in [5.41, 5.74) is 2.43. The van der Waals surface area contributed by atoms with Crippen LogP contribution in [0.3, 0.4) is 0 Å². The van der Waals surface area contributed by atoms with Gasteiger partial charge in [-0.15, -0.1) is 10.2 Å². The number of pyridine rings is 1. The average molecular weight is 512 g/mol. The van der Waals surface area contributed by atoms with Gasteiger partial charge in [-0.3, -0.25) is 9.29 Å². The molecule has 0 aliphatic rings. The molecule has 0 fully saturated rings. The summed E-state index contributed by atoms with van der Waals surface area (Å²) in [5, 5.41) is 19.4. The third-order valence-electron chi connectivity index (χ3n) is 5.45. The number of methoxy groups -OCH3 is 3. The van der Waals surface area contributed by atoms with Gasteiger partial charge in [-0.05, 0) is 60.3 Å². The van der Waals surface area contributed by atoms with Crippen LogP contribution in [0, 0.1) is 12.7 Å². The van der Waals surface area contributed by atoms with Crippen molar-refractivity contribution in [2.24, 2.45) is 0 Å². The van der Waals surface area contributed by atoms with Crippen molar-refractivity contribution in [3.63, 3.8) is 0 Å². The Balaban J connectivity index is 1.70. The number of nitrogens with zero attached hydrogens (tertiary/aromatic N) is 4. The zero-order chi connectivity index (χ0) is 25.7. The molecule has 0 amide bonds. The second-order valence-electron chi connectivity index (χ2n) is 7.69. The lowest BCUT2D eigenvalue weighted by molar-refractivity contribution is 0.203. The number of aromatic nitrogens is 4. The van der Waals surface area contributed by atoms with Crippen molar-refractivity contribution in [1.29, 1.82) is 0 Å². The minimum Gasteiger partial charge on any atom is -0.494 e. The second-order valence-corrected chi connectivity index (χ2v) is 8.51. The van der Waals surface area contributed by atoms with Crippen molar-refractivity contribution < 1.29 is 23.7 Å². The van der Waals surface area contributed by atoms with Gasteiger partial charge in [0.1, 0.15) is 28.7 Å². The van der Waals surface area contributed by atoms with Crippen molar-refractivity contribution in [3.8, 4) is 34.6 Å². The lowest BCUT2D eigenvalue weighted by Gasteiger charge is -2.18. The molecule has 0 saturated heterocycles. The summed E-state index contributed by atoms with van der Waals surface area (Å²) in [4.78, 5) is 4.50. The van der Waals surface area contributed by atoms with E-state index in [9.17, 15) is 9.50 Å². The van der Waals surface area contributed by atoms with Gasteiger partial charge in [0.05, 0.1) is 27.4 Å². The number of halogens is 1. The lowest BCUT2D eigenvalue weighted by atomic mass is 10.0. The summed E-state index contributed by atoms with van der Waals surface area (Å²) in [6, 6.07) is 15.1. The first-order valence-electron chi connectivity index (χ1n) is 11.0. The SMILES string of the molecule is COc1cccc(-c2nnc(NSCC(O)c3ccc(F)cc3C)n2-c2c(OC)cccc2OC)n1. The molecule has 2 aromatic carbocycles. The standard InChI is InChI=1S/C25H26FN5O4S/c1-15-13-16(26)11-12-17(15)19(32)14-36-30-25-29-28-24(18-7-5-10-22(27-18)35-4)31(25)23-20(33-2)8-6-9-21(23)34-3/h5-13,19,32H,14H2,1-4H3,(H,29,30). The van der Waals surface area contributed by atoms with Crippen LogP contribution >= 0.6 is 11.9 Å². The van der Waals surface area contributed by atoms with Crippen molar-refractivity contribution in [2.75, 3.05) is 31.8 Å². The van der Waals surface area contributed by atoms with Gasteiger partial charge in [0, 0.05) is 11.8 Å². The average Bonchev–Trinajstić information content (AvgIpc) is 3.31. The Kier molecular flexibility index (Phi) is 7.91. The molecule has 11 heteroatoms. The molecule has 0 aliphatic heterocycles. The number of nitrogens with one attached hydrogen (secondary N) is 1. The van der Waals surface area contributed by atoms with E-state index in [1.165, 1.54) is 31.2 Å². The number of benzene rings is 2. The van der Waals surface area contributed by atoms with Crippen LogP contribution in [0.2, 0.25) is 0 Å². The largest absolute Gasteiger partial charge is 0.494 e. The van der Waals surface area contributed by atoms with E-state index in [4.69, 9.17) is 14.2 Å². The predicted molar refractivity (Wildman–Crippen MR) is 136 cm³/mol. The maximum absolute atomic E-state index is 13.5. The van der Waals surface area contributed by atoms with Crippen LogP contribution in [0.1, 0.15) is 17.2 Å².